The SMILES string of the molecule is COc1ccc(-c2c3ccccc3c(-c3ccc(F)c(F)c3)c3cc(F)ccc23)cc1. The molecule has 0 spiro atoms. The van der Waals surface area contributed by atoms with E-state index in [0.29, 0.717) is 16.5 Å². The number of hydrogen-bond acceptors (Lipinski definition) is 1. The van der Waals surface area contributed by atoms with Crippen LogP contribution in [0.4, 0.5) is 13.2 Å². The molecule has 0 radical (unpaired) electrons. The molecule has 0 aromatic heterocycles. The first-order chi connectivity index (χ1) is 15.1. The van der Waals surface area contributed by atoms with Crippen molar-refractivity contribution in [2.75, 3.05) is 7.11 Å². The van der Waals surface area contributed by atoms with E-state index in [1.165, 1.54) is 18.2 Å². The third kappa shape index (κ3) is 3.21. The van der Waals surface area contributed by atoms with Crippen LogP contribution >= 0.6 is 0 Å². The molecule has 5 aromatic carbocycles. The summed E-state index contributed by atoms with van der Waals surface area (Å²) in [6.45, 7) is 0. The Labute approximate surface area is 177 Å². The Balaban J connectivity index is 1.94. The van der Waals surface area contributed by atoms with E-state index in [2.05, 4.69) is 0 Å². The van der Waals surface area contributed by atoms with Crippen LogP contribution in [0.5, 0.6) is 5.75 Å². The number of hydrogen-bond donors (Lipinski definition) is 0. The molecule has 0 aliphatic heterocycles. The highest BCUT2D eigenvalue weighted by molar-refractivity contribution is 6.21. The quantitative estimate of drug-likeness (QED) is 0.274. The van der Waals surface area contributed by atoms with Gasteiger partial charge in [-0.2, -0.15) is 0 Å². The molecule has 4 heteroatoms. The standard InChI is InChI=1S/C27H17F3O/c1-31-19-10-6-16(7-11-19)26-20-4-2-3-5-21(20)27(17-8-13-24(29)25(30)14-17)23-15-18(28)9-12-22(23)26/h2-15H,1H3. The summed E-state index contributed by atoms with van der Waals surface area (Å²) in [7, 11) is 1.61. The fourth-order valence-electron chi connectivity index (χ4n) is 4.18. The molecule has 31 heavy (non-hydrogen) atoms. The zero-order valence-electron chi connectivity index (χ0n) is 16.6. The third-order valence-corrected chi connectivity index (χ3v) is 5.57. The van der Waals surface area contributed by atoms with E-state index < -0.39 is 17.5 Å². The molecule has 0 unspecified atom stereocenters. The monoisotopic (exact) mass is 414 g/mol. The summed E-state index contributed by atoms with van der Waals surface area (Å²) in [6, 6.07) is 23.8. The summed E-state index contributed by atoms with van der Waals surface area (Å²) >= 11 is 0. The Morgan fingerprint density at radius 3 is 1.81 bits per heavy atom. The van der Waals surface area contributed by atoms with E-state index in [4.69, 9.17) is 4.74 Å². The van der Waals surface area contributed by atoms with Crippen molar-refractivity contribution in [3.63, 3.8) is 0 Å². The number of ether oxygens (including phenoxy) is 1. The molecule has 0 saturated heterocycles. The predicted octanol–water partition coefficient (Wildman–Crippen LogP) is 7.75. The molecule has 152 valence electrons. The average Bonchev–Trinajstić information content (AvgIpc) is 2.79. The molecular formula is C27H17F3O. The Morgan fingerprint density at radius 1 is 0.548 bits per heavy atom. The first-order valence-corrected chi connectivity index (χ1v) is 9.80. The molecule has 0 bridgehead atoms. The van der Waals surface area contributed by atoms with Crippen LogP contribution in [0.3, 0.4) is 0 Å². The molecule has 0 heterocycles. The zero-order chi connectivity index (χ0) is 21.5. The second-order valence-electron chi connectivity index (χ2n) is 7.34. The van der Waals surface area contributed by atoms with E-state index in [1.54, 1.807) is 13.2 Å². The first kappa shape index (κ1) is 19.2. The Hall–Kier alpha value is -3.79. The summed E-state index contributed by atoms with van der Waals surface area (Å²) in [5.41, 5.74) is 3.05. The second kappa shape index (κ2) is 7.47. The van der Waals surface area contributed by atoms with Gasteiger partial charge in [-0.15, -0.1) is 0 Å². The normalized spacial score (nSPS) is 11.2. The van der Waals surface area contributed by atoms with Crippen molar-refractivity contribution in [1.29, 1.82) is 0 Å². The summed E-state index contributed by atoms with van der Waals surface area (Å²) in [6.07, 6.45) is 0. The maximum absolute atomic E-state index is 14.4. The van der Waals surface area contributed by atoms with Crippen LogP contribution in [-0.4, -0.2) is 7.11 Å². The first-order valence-electron chi connectivity index (χ1n) is 9.80. The summed E-state index contributed by atoms with van der Waals surface area (Å²) in [5.74, 6) is -1.52. The lowest BCUT2D eigenvalue weighted by Gasteiger charge is -2.18. The van der Waals surface area contributed by atoms with E-state index in [1.807, 2.05) is 48.5 Å². The van der Waals surface area contributed by atoms with E-state index in [9.17, 15) is 13.2 Å². The fraction of sp³-hybridized carbons (Fsp3) is 0.0370. The lowest BCUT2D eigenvalue weighted by molar-refractivity contribution is 0.415. The zero-order valence-corrected chi connectivity index (χ0v) is 16.6. The molecule has 0 aliphatic rings. The fourth-order valence-corrected chi connectivity index (χ4v) is 4.18. The van der Waals surface area contributed by atoms with Gasteiger partial charge in [-0.3, -0.25) is 0 Å². The van der Waals surface area contributed by atoms with Crippen molar-refractivity contribution < 1.29 is 17.9 Å². The maximum atomic E-state index is 14.4. The largest absolute Gasteiger partial charge is 0.497 e. The van der Waals surface area contributed by atoms with Crippen LogP contribution < -0.4 is 4.74 Å². The van der Waals surface area contributed by atoms with Crippen molar-refractivity contribution in [2.24, 2.45) is 0 Å². The van der Waals surface area contributed by atoms with Gasteiger partial charge in [0.15, 0.2) is 11.6 Å². The van der Waals surface area contributed by atoms with Crippen molar-refractivity contribution in [3.05, 3.63) is 102 Å². The smallest absolute Gasteiger partial charge is 0.159 e. The summed E-state index contributed by atoms with van der Waals surface area (Å²) in [5, 5.41) is 3.23. The minimum atomic E-state index is -0.939. The molecule has 5 rings (SSSR count). The van der Waals surface area contributed by atoms with Crippen LogP contribution in [0, 0.1) is 17.5 Å². The third-order valence-electron chi connectivity index (χ3n) is 5.57. The number of rotatable bonds is 3. The van der Waals surface area contributed by atoms with Crippen molar-refractivity contribution in [1.82, 2.24) is 0 Å². The van der Waals surface area contributed by atoms with E-state index >= 15 is 0 Å². The molecule has 0 fully saturated rings. The van der Waals surface area contributed by atoms with Crippen LogP contribution in [0.15, 0.2) is 84.9 Å². The van der Waals surface area contributed by atoms with Gasteiger partial charge in [-0.25, -0.2) is 13.2 Å². The van der Waals surface area contributed by atoms with E-state index in [0.717, 1.165) is 45.2 Å². The van der Waals surface area contributed by atoms with Gasteiger partial charge in [0.25, 0.3) is 0 Å². The number of halogens is 3. The van der Waals surface area contributed by atoms with Gasteiger partial charge < -0.3 is 4.74 Å². The topological polar surface area (TPSA) is 9.23 Å². The van der Waals surface area contributed by atoms with Gasteiger partial charge in [-0.1, -0.05) is 48.5 Å². The maximum Gasteiger partial charge on any atom is 0.159 e. The van der Waals surface area contributed by atoms with Crippen LogP contribution in [0.25, 0.3) is 43.8 Å². The number of methoxy groups -OCH3 is 1. The van der Waals surface area contributed by atoms with Crippen molar-refractivity contribution in [3.8, 4) is 28.0 Å². The Kier molecular flexibility index (Phi) is 4.63. The molecular weight excluding hydrogens is 397 g/mol. The minimum absolute atomic E-state index is 0.396. The Bertz CT molecular complexity index is 1440. The van der Waals surface area contributed by atoms with Crippen molar-refractivity contribution >= 4 is 21.5 Å². The van der Waals surface area contributed by atoms with Gasteiger partial charge in [0.05, 0.1) is 7.11 Å². The number of fused-ring (bicyclic) bond motifs is 2. The molecule has 0 aliphatic carbocycles. The Morgan fingerprint density at radius 2 is 1.16 bits per heavy atom. The second-order valence-corrected chi connectivity index (χ2v) is 7.34. The molecule has 0 N–H and O–H groups in total. The van der Waals surface area contributed by atoms with Gasteiger partial charge >= 0.3 is 0 Å². The molecule has 5 aromatic rings. The highest BCUT2D eigenvalue weighted by Gasteiger charge is 2.18. The molecule has 0 atom stereocenters. The van der Waals surface area contributed by atoms with Gasteiger partial charge in [-0.05, 0) is 80.2 Å². The summed E-state index contributed by atoms with van der Waals surface area (Å²) in [4.78, 5) is 0. The van der Waals surface area contributed by atoms with Crippen LogP contribution in [0.1, 0.15) is 0 Å². The number of benzene rings is 5. The average molecular weight is 414 g/mol. The predicted molar refractivity (Wildman–Crippen MR) is 119 cm³/mol. The van der Waals surface area contributed by atoms with E-state index in [-0.39, 0.29) is 0 Å². The van der Waals surface area contributed by atoms with Gasteiger partial charge in [0.1, 0.15) is 11.6 Å². The van der Waals surface area contributed by atoms with Gasteiger partial charge in [0.2, 0.25) is 0 Å². The lowest BCUT2D eigenvalue weighted by Crippen LogP contribution is -1.93. The molecule has 0 amide bonds. The lowest BCUT2D eigenvalue weighted by atomic mass is 9.86. The van der Waals surface area contributed by atoms with Crippen molar-refractivity contribution in [2.45, 2.75) is 0 Å². The highest BCUT2D eigenvalue weighted by atomic mass is 19.2. The minimum Gasteiger partial charge on any atom is -0.497 e. The van der Waals surface area contributed by atoms with Crippen LogP contribution in [0.2, 0.25) is 0 Å². The molecule has 0 saturated carbocycles. The highest BCUT2D eigenvalue weighted by Crippen LogP contribution is 2.44. The molecule has 1 nitrogen and oxygen atoms in total. The van der Waals surface area contributed by atoms with Gasteiger partial charge in [0, 0.05) is 0 Å². The summed E-state index contributed by atoms with van der Waals surface area (Å²) < 4.78 is 47.3. The van der Waals surface area contributed by atoms with Crippen LogP contribution in [-0.2, 0) is 0 Å².